The fourth-order valence-electron chi connectivity index (χ4n) is 1.34. The zero-order valence-corrected chi connectivity index (χ0v) is 10.5. The molecule has 3 nitrogen and oxygen atoms in total. The average molecular weight is 228 g/mol. The van der Waals surface area contributed by atoms with Gasteiger partial charge in [0.25, 0.3) is 0 Å². The van der Waals surface area contributed by atoms with Gasteiger partial charge in [0.2, 0.25) is 0 Å². The van der Waals surface area contributed by atoms with E-state index in [-0.39, 0.29) is 12.1 Å². The highest BCUT2D eigenvalue weighted by Crippen LogP contribution is 2.13. The molecule has 2 N–H and O–H groups in total. The number of aliphatic hydroxyl groups is 1. The Labute approximate surface area is 95.6 Å². The van der Waals surface area contributed by atoms with Crippen LogP contribution in [0.5, 0.6) is 0 Å². The van der Waals surface area contributed by atoms with Crippen LogP contribution in [0.25, 0.3) is 0 Å². The average Bonchev–Trinajstić information content (AvgIpc) is 2.64. The molecule has 0 fully saturated rings. The van der Waals surface area contributed by atoms with Crippen LogP contribution in [0.15, 0.2) is 5.51 Å². The summed E-state index contributed by atoms with van der Waals surface area (Å²) in [6, 6.07) is 0. The molecule has 0 saturated carbocycles. The number of rotatable bonds is 6. The van der Waals surface area contributed by atoms with Crippen molar-refractivity contribution in [1.29, 1.82) is 0 Å². The minimum Gasteiger partial charge on any atom is -0.394 e. The quantitative estimate of drug-likeness (QED) is 0.779. The van der Waals surface area contributed by atoms with Gasteiger partial charge in [0.1, 0.15) is 0 Å². The Morgan fingerprint density at radius 3 is 2.80 bits per heavy atom. The number of aryl methyl sites for hydroxylation is 1. The van der Waals surface area contributed by atoms with Crippen LogP contribution in [-0.4, -0.2) is 28.8 Å². The van der Waals surface area contributed by atoms with E-state index in [1.165, 1.54) is 4.88 Å². The highest BCUT2D eigenvalue weighted by atomic mass is 32.1. The molecule has 0 aliphatic heterocycles. The fraction of sp³-hybridized carbons (Fsp3) is 0.727. The Hall–Kier alpha value is -0.450. The second-order valence-electron chi connectivity index (χ2n) is 4.11. The van der Waals surface area contributed by atoms with E-state index in [0.717, 1.165) is 25.1 Å². The van der Waals surface area contributed by atoms with Gasteiger partial charge < -0.3 is 10.4 Å². The van der Waals surface area contributed by atoms with Crippen LogP contribution in [0.2, 0.25) is 0 Å². The smallest absolute Gasteiger partial charge is 0.0797 e. The first-order valence-corrected chi connectivity index (χ1v) is 6.24. The van der Waals surface area contributed by atoms with Crippen LogP contribution in [0, 0.1) is 6.92 Å². The molecule has 0 radical (unpaired) electrons. The molecule has 86 valence electrons. The molecule has 1 rings (SSSR count). The number of aliphatic hydroxyl groups excluding tert-OH is 1. The number of thiazole rings is 1. The Bertz CT molecular complexity index is 295. The SMILES string of the molecule is CCC(C)(CO)NCCc1scnc1C. The molecule has 0 aromatic carbocycles. The van der Waals surface area contributed by atoms with Gasteiger partial charge in [-0.1, -0.05) is 6.92 Å². The largest absolute Gasteiger partial charge is 0.394 e. The zero-order valence-electron chi connectivity index (χ0n) is 9.71. The van der Waals surface area contributed by atoms with Gasteiger partial charge >= 0.3 is 0 Å². The second-order valence-corrected chi connectivity index (χ2v) is 5.05. The molecular formula is C11H20N2OS. The summed E-state index contributed by atoms with van der Waals surface area (Å²) in [6.07, 6.45) is 1.93. The molecule has 0 aliphatic rings. The summed E-state index contributed by atoms with van der Waals surface area (Å²) in [6.45, 7) is 7.25. The maximum atomic E-state index is 9.22. The summed E-state index contributed by atoms with van der Waals surface area (Å²) in [5.41, 5.74) is 2.87. The third-order valence-electron chi connectivity index (χ3n) is 2.88. The second kappa shape index (κ2) is 5.58. The highest BCUT2D eigenvalue weighted by Gasteiger charge is 2.19. The van der Waals surface area contributed by atoms with Crippen molar-refractivity contribution in [2.75, 3.05) is 13.2 Å². The Kier molecular flexibility index (Phi) is 4.70. The van der Waals surface area contributed by atoms with E-state index in [4.69, 9.17) is 0 Å². The summed E-state index contributed by atoms with van der Waals surface area (Å²) < 4.78 is 0. The van der Waals surface area contributed by atoms with Gasteiger partial charge in [-0.2, -0.15) is 0 Å². The molecule has 1 unspecified atom stereocenters. The lowest BCUT2D eigenvalue weighted by atomic mass is 10.0. The minimum absolute atomic E-state index is 0.140. The summed E-state index contributed by atoms with van der Waals surface area (Å²) in [5, 5.41) is 12.6. The molecular weight excluding hydrogens is 208 g/mol. The van der Waals surface area contributed by atoms with E-state index in [0.29, 0.717) is 0 Å². The normalized spacial score (nSPS) is 15.2. The summed E-state index contributed by atoms with van der Waals surface area (Å²) in [4.78, 5) is 5.55. The standard InChI is InChI=1S/C11H20N2OS/c1-4-11(3,7-14)13-6-5-10-9(2)12-8-15-10/h8,13-14H,4-7H2,1-3H3. The Morgan fingerprint density at radius 1 is 1.60 bits per heavy atom. The highest BCUT2D eigenvalue weighted by molar-refractivity contribution is 7.09. The molecule has 15 heavy (non-hydrogen) atoms. The fourth-order valence-corrected chi connectivity index (χ4v) is 2.12. The Morgan fingerprint density at radius 2 is 2.33 bits per heavy atom. The topological polar surface area (TPSA) is 45.1 Å². The predicted molar refractivity (Wildman–Crippen MR) is 64.3 cm³/mol. The third-order valence-corrected chi connectivity index (χ3v) is 3.87. The summed E-state index contributed by atoms with van der Waals surface area (Å²) in [7, 11) is 0. The minimum atomic E-state index is -0.140. The number of hydrogen-bond acceptors (Lipinski definition) is 4. The van der Waals surface area contributed by atoms with Gasteiger partial charge in [-0.25, -0.2) is 4.98 Å². The molecule has 1 aromatic rings. The van der Waals surface area contributed by atoms with Crippen molar-refractivity contribution in [3.05, 3.63) is 16.1 Å². The first-order valence-electron chi connectivity index (χ1n) is 5.36. The molecule has 0 saturated heterocycles. The lowest BCUT2D eigenvalue weighted by Gasteiger charge is -2.27. The first-order chi connectivity index (χ1) is 7.11. The summed E-state index contributed by atoms with van der Waals surface area (Å²) >= 11 is 1.70. The number of nitrogens with one attached hydrogen (secondary N) is 1. The van der Waals surface area contributed by atoms with Gasteiger partial charge in [-0.3, -0.25) is 0 Å². The van der Waals surface area contributed by atoms with E-state index >= 15 is 0 Å². The first kappa shape index (κ1) is 12.6. The molecule has 0 spiro atoms. The van der Waals surface area contributed by atoms with Crippen LogP contribution in [0.3, 0.4) is 0 Å². The van der Waals surface area contributed by atoms with Crippen molar-refractivity contribution in [3.8, 4) is 0 Å². The van der Waals surface area contributed by atoms with E-state index in [2.05, 4.69) is 17.2 Å². The van der Waals surface area contributed by atoms with Gasteiger partial charge in [0, 0.05) is 17.0 Å². The van der Waals surface area contributed by atoms with Gasteiger partial charge in [-0.15, -0.1) is 11.3 Å². The van der Waals surface area contributed by atoms with Crippen molar-refractivity contribution in [1.82, 2.24) is 10.3 Å². The number of hydrogen-bond donors (Lipinski definition) is 2. The van der Waals surface area contributed by atoms with Crippen molar-refractivity contribution >= 4 is 11.3 Å². The zero-order chi connectivity index (χ0) is 11.3. The summed E-state index contributed by atoms with van der Waals surface area (Å²) in [5.74, 6) is 0. The molecule has 0 amide bonds. The molecule has 4 heteroatoms. The predicted octanol–water partition coefficient (Wildman–Crippen LogP) is 1.74. The van der Waals surface area contributed by atoms with Crippen molar-refractivity contribution < 1.29 is 5.11 Å². The molecule has 1 aromatic heterocycles. The number of aromatic nitrogens is 1. The van der Waals surface area contributed by atoms with E-state index in [1.54, 1.807) is 11.3 Å². The van der Waals surface area contributed by atoms with Crippen molar-refractivity contribution in [2.24, 2.45) is 0 Å². The van der Waals surface area contributed by atoms with Crippen LogP contribution in [0.1, 0.15) is 30.8 Å². The number of nitrogens with zero attached hydrogens (tertiary/aromatic N) is 1. The van der Waals surface area contributed by atoms with Gasteiger partial charge in [0.05, 0.1) is 17.8 Å². The Balaban J connectivity index is 2.36. The van der Waals surface area contributed by atoms with Crippen molar-refractivity contribution in [3.63, 3.8) is 0 Å². The molecule has 0 aliphatic carbocycles. The molecule has 0 bridgehead atoms. The third kappa shape index (κ3) is 3.55. The lowest BCUT2D eigenvalue weighted by molar-refractivity contribution is 0.171. The van der Waals surface area contributed by atoms with Crippen LogP contribution < -0.4 is 5.32 Å². The monoisotopic (exact) mass is 228 g/mol. The van der Waals surface area contributed by atoms with E-state index < -0.39 is 0 Å². The van der Waals surface area contributed by atoms with Gasteiger partial charge in [0.15, 0.2) is 0 Å². The van der Waals surface area contributed by atoms with Crippen molar-refractivity contribution in [2.45, 2.75) is 39.2 Å². The van der Waals surface area contributed by atoms with Crippen LogP contribution in [-0.2, 0) is 6.42 Å². The molecule has 1 heterocycles. The molecule has 1 atom stereocenters. The van der Waals surface area contributed by atoms with Gasteiger partial charge in [-0.05, 0) is 26.7 Å². The van der Waals surface area contributed by atoms with Crippen LogP contribution >= 0.6 is 11.3 Å². The van der Waals surface area contributed by atoms with Crippen LogP contribution in [0.4, 0.5) is 0 Å². The van der Waals surface area contributed by atoms with E-state index in [1.807, 2.05) is 19.4 Å². The lowest BCUT2D eigenvalue weighted by Crippen LogP contribution is -2.45. The van der Waals surface area contributed by atoms with E-state index in [9.17, 15) is 5.11 Å². The maximum absolute atomic E-state index is 9.22. The maximum Gasteiger partial charge on any atom is 0.0797 e.